The van der Waals surface area contributed by atoms with Crippen molar-refractivity contribution >= 4 is 16.5 Å². The maximum atomic E-state index is 6.15. The Balaban J connectivity index is 1.71. The molecule has 1 aromatic rings. The highest BCUT2D eigenvalue weighted by molar-refractivity contribution is 7.15. The summed E-state index contributed by atoms with van der Waals surface area (Å²) in [6.07, 6.45) is 2.24. The van der Waals surface area contributed by atoms with Crippen molar-refractivity contribution in [1.29, 1.82) is 0 Å². The molecule has 0 radical (unpaired) electrons. The molecule has 0 saturated carbocycles. The number of morpholine rings is 1. The smallest absolute Gasteiger partial charge is 0.208 e. The first-order chi connectivity index (χ1) is 9.58. The minimum absolute atomic E-state index is 0.0361. The van der Waals surface area contributed by atoms with Crippen LogP contribution in [0.15, 0.2) is 0 Å². The summed E-state index contributed by atoms with van der Waals surface area (Å²) in [5.41, 5.74) is 0.0361. The molecule has 2 saturated heterocycles. The molecular weight excluding hydrogens is 272 g/mol. The predicted octanol–water partition coefficient (Wildman–Crippen LogP) is 1.96. The molecule has 20 heavy (non-hydrogen) atoms. The van der Waals surface area contributed by atoms with E-state index in [1.165, 1.54) is 0 Å². The van der Waals surface area contributed by atoms with Gasteiger partial charge in [-0.3, -0.25) is 0 Å². The Morgan fingerprint density at radius 3 is 2.60 bits per heavy atom. The van der Waals surface area contributed by atoms with E-state index in [0.717, 1.165) is 55.8 Å². The standard InChI is InChI=1S/C14H24N4OS/c1-11(2)12-15-16-13(20-12)18-8-9-19-14(10-18)4-6-17(3)7-5-14/h11H,4-10H2,1-3H3. The van der Waals surface area contributed by atoms with E-state index >= 15 is 0 Å². The average Bonchev–Trinajstić information content (AvgIpc) is 2.93. The van der Waals surface area contributed by atoms with E-state index < -0.39 is 0 Å². The van der Waals surface area contributed by atoms with Gasteiger partial charge < -0.3 is 14.5 Å². The lowest BCUT2D eigenvalue weighted by Gasteiger charge is -2.46. The maximum Gasteiger partial charge on any atom is 0.208 e. The number of hydrogen-bond acceptors (Lipinski definition) is 6. The minimum atomic E-state index is 0.0361. The van der Waals surface area contributed by atoms with Crippen LogP contribution in [0.1, 0.15) is 37.6 Å². The molecule has 5 nitrogen and oxygen atoms in total. The van der Waals surface area contributed by atoms with Crippen LogP contribution in [0.4, 0.5) is 5.13 Å². The van der Waals surface area contributed by atoms with Crippen molar-refractivity contribution in [2.24, 2.45) is 0 Å². The largest absolute Gasteiger partial charge is 0.371 e. The van der Waals surface area contributed by atoms with E-state index in [1.807, 2.05) is 0 Å². The summed E-state index contributed by atoms with van der Waals surface area (Å²) in [4.78, 5) is 4.76. The number of aromatic nitrogens is 2. The first kappa shape index (κ1) is 14.2. The topological polar surface area (TPSA) is 41.5 Å². The van der Waals surface area contributed by atoms with Crippen LogP contribution in [0.2, 0.25) is 0 Å². The van der Waals surface area contributed by atoms with Gasteiger partial charge >= 0.3 is 0 Å². The van der Waals surface area contributed by atoms with Crippen molar-refractivity contribution in [3.63, 3.8) is 0 Å². The molecule has 0 unspecified atom stereocenters. The lowest BCUT2D eigenvalue weighted by atomic mass is 9.90. The summed E-state index contributed by atoms with van der Waals surface area (Å²) in [6.45, 7) is 9.30. The van der Waals surface area contributed by atoms with Crippen LogP contribution in [-0.4, -0.2) is 60.5 Å². The number of nitrogens with zero attached hydrogens (tertiary/aromatic N) is 4. The molecule has 0 aliphatic carbocycles. The van der Waals surface area contributed by atoms with Gasteiger partial charge in [0.1, 0.15) is 5.01 Å². The fourth-order valence-electron chi connectivity index (χ4n) is 2.92. The summed E-state index contributed by atoms with van der Waals surface area (Å²) in [5, 5.41) is 10.9. The molecule has 3 rings (SSSR count). The SMILES string of the molecule is CC(C)c1nnc(N2CCOC3(CCN(C)CC3)C2)s1. The van der Waals surface area contributed by atoms with Crippen molar-refractivity contribution in [2.45, 2.75) is 38.2 Å². The third kappa shape index (κ3) is 2.82. The van der Waals surface area contributed by atoms with Gasteiger partial charge in [0, 0.05) is 32.1 Å². The monoisotopic (exact) mass is 296 g/mol. The molecule has 1 aromatic heterocycles. The van der Waals surface area contributed by atoms with Gasteiger partial charge in [-0.2, -0.15) is 0 Å². The Labute approximate surface area is 124 Å². The number of hydrogen-bond donors (Lipinski definition) is 0. The molecular formula is C14H24N4OS. The Morgan fingerprint density at radius 1 is 1.20 bits per heavy atom. The highest BCUT2D eigenvalue weighted by Crippen LogP contribution is 2.33. The van der Waals surface area contributed by atoms with Gasteiger partial charge in [0.15, 0.2) is 0 Å². The molecule has 0 bridgehead atoms. The van der Waals surface area contributed by atoms with Crippen LogP contribution >= 0.6 is 11.3 Å². The third-order valence-corrected chi connectivity index (χ3v) is 5.63. The van der Waals surface area contributed by atoms with Crippen molar-refractivity contribution in [3.8, 4) is 0 Å². The summed E-state index contributed by atoms with van der Waals surface area (Å²) in [5.74, 6) is 0.458. The summed E-state index contributed by atoms with van der Waals surface area (Å²) >= 11 is 1.73. The van der Waals surface area contributed by atoms with Gasteiger partial charge in [-0.15, -0.1) is 10.2 Å². The second-order valence-corrected chi connectivity index (χ2v) is 7.32. The van der Waals surface area contributed by atoms with Gasteiger partial charge in [-0.05, 0) is 19.9 Å². The van der Waals surface area contributed by atoms with E-state index in [1.54, 1.807) is 11.3 Å². The second-order valence-electron chi connectivity index (χ2n) is 6.33. The molecule has 2 aliphatic rings. The van der Waals surface area contributed by atoms with Gasteiger partial charge in [0.25, 0.3) is 0 Å². The zero-order chi connectivity index (χ0) is 14.2. The molecule has 0 atom stereocenters. The van der Waals surface area contributed by atoms with Crippen LogP contribution in [0.5, 0.6) is 0 Å². The minimum Gasteiger partial charge on any atom is -0.371 e. The molecule has 2 aliphatic heterocycles. The number of anilines is 1. The summed E-state index contributed by atoms with van der Waals surface area (Å²) in [7, 11) is 2.19. The Bertz CT molecular complexity index is 454. The van der Waals surface area contributed by atoms with Crippen molar-refractivity contribution < 1.29 is 4.74 Å². The number of piperidine rings is 1. The average molecular weight is 296 g/mol. The fourth-order valence-corrected chi connectivity index (χ4v) is 3.80. The molecule has 0 amide bonds. The predicted molar refractivity (Wildman–Crippen MR) is 81.6 cm³/mol. The Morgan fingerprint density at radius 2 is 1.95 bits per heavy atom. The van der Waals surface area contributed by atoms with Gasteiger partial charge in [-0.1, -0.05) is 25.2 Å². The number of rotatable bonds is 2. The van der Waals surface area contributed by atoms with Gasteiger partial charge in [-0.25, -0.2) is 0 Å². The van der Waals surface area contributed by atoms with Crippen molar-refractivity contribution in [2.75, 3.05) is 44.7 Å². The van der Waals surface area contributed by atoms with Gasteiger partial charge in [0.05, 0.1) is 12.2 Å². The molecule has 6 heteroatoms. The van der Waals surface area contributed by atoms with E-state index in [4.69, 9.17) is 4.74 Å². The maximum absolute atomic E-state index is 6.15. The zero-order valence-electron chi connectivity index (χ0n) is 12.6. The molecule has 112 valence electrons. The van der Waals surface area contributed by atoms with Crippen LogP contribution < -0.4 is 4.90 Å². The second kappa shape index (κ2) is 5.58. The van der Waals surface area contributed by atoms with E-state index in [-0.39, 0.29) is 5.60 Å². The zero-order valence-corrected chi connectivity index (χ0v) is 13.4. The van der Waals surface area contributed by atoms with Crippen LogP contribution in [0, 0.1) is 0 Å². The number of likely N-dealkylation sites (tertiary alicyclic amines) is 1. The molecule has 0 N–H and O–H groups in total. The van der Waals surface area contributed by atoms with Crippen molar-refractivity contribution in [1.82, 2.24) is 15.1 Å². The van der Waals surface area contributed by atoms with Crippen LogP contribution in [0.3, 0.4) is 0 Å². The molecule has 0 aromatic carbocycles. The highest BCUT2D eigenvalue weighted by atomic mass is 32.1. The first-order valence-corrected chi connectivity index (χ1v) is 8.30. The first-order valence-electron chi connectivity index (χ1n) is 7.49. The number of ether oxygens (including phenoxy) is 1. The normalized spacial score (nSPS) is 23.7. The van der Waals surface area contributed by atoms with Crippen LogP contribution in [0.25, 0.3) is 0 Å². The van der Waals surface area contributed by atoms with Gasteiger partial charge in [0.2, 0.25) is 5.13 Å². The molecule has 1 spiro atoms. The van der Waals surface area contributed by atoms with E-state index in [2.05, 4.69) is 40.9 Å². The quantitative estimate of drug-likeness (QED) is 0.834. The van der Waals surface area contributed by atoms with E-state index in [9.17, 15) is 0 Å². The molecule has 2 fully saturated rings. The van der Waals surface area contributed by atoms with Crippen LogP contribution in [-0.2, 0) is 4.74 Å². The summed E-state index contributed by atoms with van der Waals surface area (Å²) < 4.78 is 6.15. The van der Waals surface area contributed by atoms with E-state index in [0.29, 0.717) is 5.92 Å². The third-order valence-electron chi connectivity index (χ3n) is 4.34. The summed E-state index contributed by atoms with van der Waals surface area (Å²) in [6, 6.07) is 0. The van der Waals surface area contributed by atoms with Crippen molar-refractivity contribution in [3.05, 3.63) is 5.01 Å². The highest BCUT2D eigenvalue weighted by Gasteiger charge is 2.39. The Kier molecular flexibility index (Phi) is 3.97. The lowest BCUT2D eigenvalue weighted by molar-refractivity contribution is -0.0883. The molecule has 3 heterocycles. The lowest BCUT2D eigenvalue weighted by Crippen LogP contribution is -2.56. The fraction of sp³-hybridized carbons (Fsp3) is 0.857. The Hall–Kier alpha value is -0.720.